The number of ether oxygens (including phenoxy) is 10. The molecule has 36 heavy (non-hydrogen) atoms. The highest BCUT2D eigenvalue weighted by Crippen LogP contribution is 2.40. The van der Waals surface area contributed by atoms with Gasteiger partial charge in [0.15, 0.2) is 37.7 Å². The average molecular weight is 523 g/mol. The fourth-order valence-corrected chi connectivity index (χ4v) is 5.25. The Morgan fingerprint density at radius 3 is 1.53 bits per heavy atom. The fourth-order valence-electron chi connectivity index (χ4n) is 5.25. The summed E-state index contributed by atoms with van der Waals surface area (Å²) in [4.78, 5) is 0. The largest absolute Gasteiger partial charge is 0.394 e. The Bertz CT molecular complexity index is 683. The maximum Gasteiger partial charge on any atom is 0.190 e. The third kappa shape index (κ3) is 5.61. The smallest absolute Gasteiger partial charge is 0.190 e. The maximum absolute atomic E-state index is 9.37. The van der Waals surface area contributed by atoms with Crippen LogP contribution in [0.4, 0.5) is 0 Å². The summed E-state index contributed by atoms with van der Waals surface area (Å²) in [5.74, 6) is 0. The molecule has 6 aliphatic heterocycles. The third-order valence-corrected chi connectivity index (χ3v) is 6.79. The van der Waals surface area contributed by atoms with Gasteiger partial charge >= 0.3 is 0 Å². The van der Waals surface area contributed by atoms with Crippen molar-refractivity contribution >= 4 is 0 Å². The zero-order valence-electron chi connectivity index (χ0n) is 21.9. The zero-order valence-corrected chi connectivity index (χ0v) is 21.9. The molecule has 0 spiro atoms. The molecule has 12 heteroatoms. The predicted molar refractivity (Wildman–Crippen MR) is 121 cm³/mol. The third-order valence-electron chi connectivity index (χ3n) is 6.79. The van der Waals surface area contributed by atoms with E-state index >= 15 is 0 Å². The molecule has 0 radical (unpaired) electrons. The zero-order chi connectivity index (χ0) is 26.0. The number of rotatable bonds is 4. The first-order valence-electron chi connectivity index (χ1n) is 13.2. The van der Waals surface area contributed by atoms with Crippen LogP contribution in [0.5, 0.6) is 0 Å². The van der Waals surface area contributed by atoms with Crippen LogP contribution in [-0.4, -0.2) is 110 Å². The van der Waals surface area contributed by atoms with Crippen LogP contribution in [0.15, 0.2) is 0 Å². The van der Waals surface area contributed by atoms with E-state index in [1.54, 1.807) is 6.92 Å². The molecule has 0 aromatic rings. The summed E-state index contributed by atoms with van der Waals surface area (Å²) in [6.07, 6.45) is -2.72. The van der Waals surface area contributed by atoms with Crippen LogP contribution in [-0.2, 0) is 47.4 Å². The van der Waals surface area contributed by atoms with Gasteiger partial charge in [0.1, 0.15) is 48.8 Å². The minimum atomic E-state index is -0.409. The van der Waals surface area contributed by atoms with Crippen LogP contribution >= 0.6 is 0 Å². The van der Waals surface area contributed by atoms with Gasteiger partial charge in [-0.15, -0.1) is 0 Å². The van der Waals surface area contributed by atoms with E-state index in [2.05, 4.69) is 0 Å². The van der Waals surface area contributed by atoms with E-state index in [1.165, 1.54) is 0 Å². The van der Waals surface area contributed by atoms with E-state index in [0.29, 0.717) is 0 Å². The van der Waals surface area contributed by atoms with Gasteiger partial charge in [-0.3, -0.25) is 0 Å². The predicted octanol–water partition coefficient (Wildman–Crippen LogP) is 0.996. The first-order chi connectivity index (χ1) is 17.4. The Morgan fingerprint density at radius 1 is 0.472 bits per heavy atom. The molecule has 6 saturated heterocycles. The summed E-state index contributed by atoms with van der Waals surface area (Å²) < 4.78 is 56.4. The fraction of sp³-hybridized carbons (Fsp3) is 1.00. The molecule has 6 fully saturated rings. The van der Waals surface area contributed by atoms with Gasteiger partial charge in [0, 0.05) is 0 Å². The van der Waals surface area contributed by atoms with Crippen LogP contribution in [0, 0.1) is 0 Å². The summed E-state index contributed by atoms with van der Waals surface area (Å²) in [5, 5.41) is 18.6. The number of hydrogen-bond acceptors (Lipinski definition) is 12. The van der Waals surface area contributed by atoms with E-state index in [1.807, 2.05) is 34.6 Å². The highest BCUT2D eigenvalue weighted by molar-refractivity contribution is 4.98. The van der Waals surface area contributed by atoms with Crippen LogP contribution in [0.3, 0.4) is 0 Å². The van der Waals surface area contributed by atoms with Gasteiger partial charge in [-0.2, -0.15) is 0 Å². The van der Waals surface area contributed by atoms with Gasteiger partial charge < -0.3 is 57.6 Å². The van der Waals surface area contributed by atoms with Gasteiger partial charge in [-0.05, 0) is 26.7 Å². The summed E-state index contributed by atoms with van der Waals surface area (Å²) in [6.45, 7) is 11.4. The van der Waals surface area contributed by atoms with Crippen molar-refractivity contribution in [1.82, 2.24) is 0 Å². The highest BCUT2D eigenvalue weighted by atomic mass is 16.9. The second kappa shape index (κ2) is 12.6. The number of fused-ring (bicyclic) bond motifs is 6. The monoisotopic (exact) mass is 522 g/mol. The molecular formula is C24H42O12. The van der Waals surface area contributed by atoms with Gasteiger partial charge in [0.25, 0.3) is 0 Å². The molecule has 0 saturated carbocycles. The molecule has 6 heterocycles. The normalized spacial score (nSPS) is 50.7. The van der Waals surface area contributed by atoms with Crippen molar-refractivity contribution in [3.63, 3.8) is 0 Å². The van der Waals surface area contributed by atoms with Crippen LogP contribution in [0.1, 0.15) is 54.4 Å². The Balaban J connectivity index is 0.000000159. The van der Waals surface area contributed by atoms with Gasteiger partial charge in [0.05, 0.1) is 13.2 Å². The van der Waals surface area contributed by atoms with Crippen molar-refractivity contribution in [2.75, 3.05) is 13.2 Å². The number of aliphatic hydroxyl groups excluding tert-OH is 2. The topological polar surface area (TPSA) is 133 Å². The van der Waals surface area contributed by atoms with E-state index in [-0.39, 0.29) is 87.2 Å². The second-order valence-electron chi connectivity index (χ2n) is 9.14. The summed E-state index contributed by atoms with van der Waals surface area (Å²) >= 11 is 0. The lowest BCUT2D eigenvalue weighted by atomic mass is 10.0. The van der Waals surface area contributed by atoms with E-state index in [4.69, 9.17) is 47.4 Å². The molecular weight excluding hydrogens is 480 g/mol. The van der Waals surface area contributed by atoms with Gasteiger partial charge in [0.2, 0.25) is 0 Å². The maximum atomic E-state index is 9.37. The first-order valence-corrected chi connectivity index (χ1v) is 13.2. The summed E-state index contributed by atoms with van der Waals surface area (Å²) in [5.41, 5.74) is 0. The van der Waals surface area contributed by atoms with E-state index in [9.17, 15) is 10.2 Å². The van der Waals surface area contributed by atoms with Crippen molar-refractivity contribution in [2.45, 2.75) is 141 Å². The number of aliphatic hydroxyl groups is 2. The second-order valence-corrected chi connectivity index (χ2v) is 9.14. The standard InChI is InChI=1S/C12H20O6.C10H16O6.C2H6/c1-3-7-14-6(5-13)9-10(15-7)11-12(18-9)17-8(4-2)16-11;1-4-12-6(3-11)7-8(13-4)9-10(16-7)15-5(2)14-9;1-2/h6-13H,3-5H2,1-2H3;4-11H,3H2,1-2H3;1-2H3. The molecule has 210 valence electrons. The Kier molecular flexibility index (Phi) is 9.97. The molecule has 0 amide bonds. The molecule has 6 aliphatic rings. The van der Waals surface area contributed by atoms with Crippen molar-refractivity contribution in [1.29, 1.82) is 0 Å². The number of hydrogen-bond donors (Lipinski definition) is 2. The van der Waals surface area contributed by atoms with Crippen LogP contribution < -0.4 is 0 Å². The molecule has 14 atom stereocenters. The molecule has 0 aromatic carbocycles. The van der Waals surface area contributed by atoms with Crippen molar-refractivity contribution in [3.05, 3.63) is 0 Å². The Morgan fingerprint density at radius 2 is 0.917 bits per heavy atom. The van der Waals surface area contributed by atoms with Gasteiger partial charge in [-0.1, -0.05) is 27.7 Å². The van der Waals surface area contributed by atoms with Crippen molar-refractivity contribution in [2.24, 2.45) is 0 Å². The Labute approximate surface area is 212 Å². The molecule has 2 N–H and O–H groups in total. The average Bonchev–Trinajstić information content (AvgIpc) is 3.63. The summed E-state index contributed by atoms with van der Waals surface area (Å²) in [6, 6.07) is 0. The molecule has 12 nitrogen and oxygen atoms in total. The van der Waals surface area contributed by atoms with Crippen molar-refractivity contribution in [3.8, 4) is 0 Å². The summed E-state index contributed by atoms with van der Waals surface area (Å²) in [7, 11) is 0. The SMILES string of the molecule is CC.CC1OC2OC3C(CO)OC(C)OC3C2O1.CCC1OC2OC3C(CO)OC(CC)OC3C2O1. The van der Waals surface area contributed by atoms with Crippen molar-refractivity contribution < 1.29 is 57.6 Å². The first kappa shape index (κ1) is 28.5. The van der Waals surface area contributed by atoms with Crippen LogP contribution in [0.25, 0.3) is 0 Å². The molecule has 0 bridgehead atoms. The lowest BCUT2D eigenvalue weighted by Gasteiger charge is -2.38. The minimum Gasteiger partial charge on any atom is -0.394 e. The highest BCUT2D eigenvalue weighted by Gasteiger charge is 2.58. The quantitative estimate of drug-likeness (QED) is 0.546. The lowest BCUT2D eigenvalue weighted by Crippen LogP contribution is -2.52. The molecule has 6 rings (SSSR count). The lowest BCUT2D eigenvalue weighted by molar-refractivity contribution is -0.301. The molecule has 0 aromatic heterocycles. The molecule has 14 unspecified atom stereocenters. The van der Waals surface area contributed by atoms with E-state index < -0.39 is 12.6 Å². The molecule has 0 aliphatic carbocycles. The van der Waals surface area contributed by atoms with E-state index in [0.717, 1.165) is 12.8 Å². The minimum absolute atomic E-state index is 0.0856. The Hall–Kier alpha value is -0.480. The van der Waals surface area contributed by atoms with Crippen LogP contribution in [0.2, 0.25) is 0 Å². The van der Waals surface area contributed by atoms with Gasteiger partial charge in [-0.25, -0.2) is 0 Å².